The smallest absolute Gasteiger partial charge is 0.00671 e. The highest BCUT2D eigenvalue weighted by atomic mass is 14.5. The fraction of sp³-hybridized carbons (Fsp3) is 0.467. The molecule has 0 N–H and O–H groups in total. The molecule has 4 unspecified atom stereocenters. The van der Waals surface area contributed by atoms with E-state index in [9.17, 15) is 0 Å². The Morgan fingerprint density at radius 1 is 1.00 bits per heavy atom. The molecular weight excluding hydrogens is 180 g/mol. The summed E-state index contributed by atoms with van der Waals surface area (Å²) in [7, 11) is 0. The molecule has 5 rings (SSSR count). The van der Waals surface area contributed by atoms with Crippen LogP contribution in [-0.4, -0.2) is 0 Å². The van der Waals surface area contributed by atoms with Crippen LogP contribution in [0.3, 0.4) is 0 Å². The minimum Gasteiger partial charge on any atom is -0.0813 e. The van der Waals surface area contributed by atoms with Crippen LogP contribution in [-0.2, 0) is 0 Å². The maximum absolute atomic E-state index is 2.60. The van der Waals surface area contributed by atoms with Gasteiger partial charge < -0.3 is 0 Å². The number of hydrogen-bond acceptors (Lipinski definition) is 0. The van der Waals surface area contributed by atoms with Crippen molar-refractivity contribution in [2.24, 2.45) is 17.8 Å². The Kier molecular flexibility index (Phi) is 1.49. The summed E-state index contributed by atoms with van der Waals surface area (Å²) >= 11 is 0. The SMILES string of the molecule is C1=C2CC3CC2CC1C3c1ccccc1. The largest absolute Gasteiger partial charge is 0.0813 e. The van der Waals surface area contributed by atoms with Crippen molar-refractivity contribution in [1.82, 2.24) is 0 Å². The molecular formula is C15H16. The van der Waals surface area contributed by atoms with Crippen molar-refractivity contribution < 1.29 is 0 Å². The second-order valence-corrected chi connectivity index (χ2v) is 5.47. The van der Waals surface area contributed by atoms with Gasteiger partial charge in [-0.2, -0.15) is 0 Å². The zero-order chi connectivity index (χ0) is 9.83. The Balaban J connectivity index is 1.77. The van der Waals surface area contributed by atoms with Crippen LogP contribution in [0.4, 0.5) is 0 Å². The molecule has 0 saturated heterocycles. The highest BCUT2D eigenvalue weighted by Crippen LogP contribution is 2.60. The van der Waals surface area contributed by atoms with E-state index in [4.69, 9.17) is 0 Å². The topological polar surface area (TPSA) is 0 Å². The van der Waals surface area contributed by atoms with Crippen molar-refractivity contribution in [3.63, 3.8) is 0 Å². The number of hydrogen-bond donors (Lipinski definition) is 0. The van der Waals surface area contributed by atoms with Crippen molar-refractivity contribution in [2.75, 3.05) is 0 Å². The van der Waals surface area contributed by atoms with Crippen LogP contribution in [0.5, 0.6) is 0 Å². The van der Waals surface area contributed by atoms with E-state index in [2.05, 4.69) is 36.4 Å². The summed E-state index contributed by atoms with van der Waals surface area (Å²) in [5.41, 5.74) is 3.39. The normalized spacial score (nSPS) is 40.9. The fourth-order valence-corrected chi connectivity index (χ4v) is 4.26. The van der Waals surface area contributed by atoms with Crippen LogP contribution in [0, 0.1) is 17.8 Å². The van der Waals surface area contributed by atoms with Gasteiger partial charge in [0, 0.05) is 0 Å². The maximum Gasteiger partial charge on any atom is -0.00671 e. The molecule has 0 aliphatic heterocycles. The summed E-state index contributed by atoms with van der Waals surface area (Å²) in [4.78, 5) is 0. The molecule has 4 aliphatic carbocycles. The van der Waals surface area contributed by atoms with Gasteiger partial charge in [-0.1, -0.05) is 42.0 Å². The van der Waals surface area contributed by atoms with Crippen molar-refractivity contribution >= 4 is 0 Å². The lowest BCUT2D eigenvalue weighted by molar-refractivity contribution is 0.268. The van der Waals surface area contributed by atoms with Crippen molar-refractivity contribution in [2.45, 2.75) is 25.2 Å². The van der Waals surface area contributed by atoms with Gasteiger partial charge in [-0.3, -0.25) is 0 Å². The summed E-state index contributed by atoms with van der Waals surface area (Å²) < 4.78 is 0. The highest BCUT2D eigenvalue weighted by Gasteiger charge is 2.48. The second-order valence-electron chi connectivity index (χ2n) is 5.47. The first kappa shape index (κ1) is 8.15. The van der Waals surface area contributed by atoms with Gasteiger partial charge in [0.25, 0.3) is 0 Å². The van der Waals surface area contributed by atoms with Crippen LogP contribution in [0.2, 0.25) is 0 Å². The molecule has 2 fully saturated rings. The van der Waals surface area contributed by atoms with Crippen molar-refractivity contribution in [3.8, 4) is 0 Å². The van der Waals surface area contributed by atoms with E-state index in [1.54, 1.807) is 11.1 Å². The van der Waals surface area contributed by atoms with E-state index >= 15 is 0 Å². The number of benzene rings is 1. The van der Waals surface area contributed by atoms with Crippen LogP contribution in [0.1, 0.15) is 30.7 Å². The predicted molar refractivity (Wildman–Crippen MR) is 61.6 cm³/mol. The van der Waals surface area contributed by atoms with Crippen LogP contribution >= 0.6 is 0 Å². The van der Waals surface area contributed by atoms with Crippen LogP contribution in [0.25, 0.3) is 0 Å². The summed E-state index contributed by atoms with van der Waals surface area (Å²) in [5.74, 6) is 3.67. The molecule has 76 valence electrons. The Morgan fingerprint density at radius 2 is 1.87 bits per heavy atom. The van der Waals surface area contributed by atoms with E-state index in [0.29, 0.717) is 0 Å². The first-order valence-corrected chi connectivity index (χ1v) is 6.17. The molecule has 4 atom stereocenters. The second kappa shape index (κ2) is 2.75. The van der Waals surface area contributed by atoms with Gasteiger partial charge >= 0.3 is 0 Å². The van der Waals surface area contributed by atoms with Crippen LogP contribution < -0.4 is 0 Å². The molecule has 0 amide bonds. The van der Waals surface area contributed by atoms with E-state index in [1.807, 2.05) is 0 Å². The van der Waals surface area contributed by atoms with Gasteiger partial charge in [-0.15, -0.1) is 0 Å². The third-order valence-electron chi connectivity index (χ3n) is 4.75. The minimum absolute atomic E-state index is 0.841. The Hall–Kier alpha value is -1.04. The lowest BCUT2D eigenvalue weighted by Crippen LogP contribution is -2.23. The molecule has 0 heteroatoms. The molecule has 4 bridgehead atoms. The summed E-state index contributed by atoms with van der Waals surface area (Å²) in [6, 6.07) is 11.2. The number of allylic oxidation sites excluding steroid dienone is 2. The molecule has 1 aromatic carbocycles. The average molecular weight is 196 g/mol. The summed E-state index contributed by atoms with van der Waals surface area (Å²) in [6.45, 7) is 0. The molecule has 0 spiro atoms. The minimum atomic E-state index is 0.841. The quantitative estimate of drug-likeness (QED) is 0.600. The molecule has 15 heavy (non-hydrogen) atoms. The highest BCUT2D eigenvalue weighted by molar-refractivity contribution is 5.34. The van der Waals surface area contributed by atoms with E-state index in [1.165, 1.54) is 19.3 Å². The van der Waals surface area contributed by atoms with Gasteiger partial charge in [0.05, 0.1) is 0 Å². The lowest BCUT2D eigenvalue weighted by atomic mass is 9.70. The van der Waals surface area contributed by atoms with E-state index in [-0.39, 0.29) is 0 Å². The Morgan fingerprint density at radius 3 is 2.60 bits per heavy atom. The van der Waals surface area contributed by atoms with Gasteiger partial charge in [0.2, 0.25) is 0 Å². The molecule has 0 nitrogen and oxygen atoms in total. The molecule has 0 aromatic heterocycles. The van der Waals surface area contributed by atoms with Gasteiger partial charge in [0.15, 0.2) is 0 Å². The Bertz CT molecular complexity index is 415. The molecule has 1 aromatic rings. The Labute approximate surface area is 91.0 Å². The third-order valence-corrected chi connectivity index (χ3v) is 4.75. The van der Waals surface area contributed by atoms with Crippen molar-refractivity contribution in [3.05, 3.63) is 47.5 Å². The predicted octanol–water partition coefficient (Wildman–Crippen LogP) is 3.76. The molecule has 2 saturated carbocycles. The molecule has 0 radical (unpaired) electrons. The van der Waals surface area contributed by atoms with Gasteiger partial charge in [-0.05, 0) is 48.5 Å². The standard InChI is InChI=1S/C15H16/c1-2-4-10(5-3-1)15-13-6-11-7-14(15)9-12(11)8-13/h1-6,12-15H,7-9H2. The van der Waals surface area contributed by atoms with Gasteiger partial charge in [0.1, 0.15) is 0 Å². The first-order valence-electron chi connectivity index (χ1n) is 6.17. The molecule has 4 aliphatic rings. The van der Waals surface area contributed by atoms with Gasteiger partial charge in [-0.25, -0.2) is 0 Å². The lowest BCUT2D eigenvalue weighted by Gasteiger charge is -2.34. The monoisotopic (exact) mass is 196 g/mol. The zero-order valence-electron chi connectivity index (χ0n) is 8.89. The van der Waals surface area contributed by atoms with E-state index in [0.717, 1.165) is 23.7 Å². The maximum atomic E-state index is 2.60. The van der Waals surface area contributed by atoms with Crippen molar-refractivity contribution in [1.29, 1.82) is 0 Å². The summed E-state index contributed by atoms with van der Waals surface area (Å²) in [6.07, 6.45) is 6.93. The molecule has 0 heterocycles. The van der Waals surface area contributed by atoms with Crippen LogP contribution in [0.15, 0.2) is 42.0 Å². The average Bonchev–Trinajstić information content (AvgIpc) is 2.72. The van der Waals surface area contributed by atoms with E-state index < -0.39 is 0 Å². The first-order chi connectivity index (χ1) is 7.42. The number of rotatable bonds is 1. The fourth-order valence-electron chi connectivity index (χ4n) is 4.26. The zero-order valence-corrected chi connectivity index (χ0v) is 8.89. The summed E-state index contributed by atoms with van der Waals surface area (Å²) in [5, 5.41) is 0. The third kappa shape index (κ3) is 1.03.